The van der Waals surface area contributed by atoms with Gasteiger partial charge in [0.05, 0.1) is 11.1 Å². The van der Waals surface area contributed by atoms with E-state index in [0.29, 0.717) is 42.9 Å². The molecule has 2 heterocycles. The van der Waals surface area contributed by atoms with E-state index in [1.165, 1.54) is 16.7 Å². The average Bonchev–Trinajstić information content (AvgIpc) is 3.35. The molecule has 0 aliphatic heterocycles. The van der Waals surface area contributed by atoms with Gasteiger partial charge in [-0.25, -0.2) is 9.78 Å². The van der Waals surface area contributed by atoms with Crippen molar-refractivity contribution >= 4 is 16.9 Å². The molecule has 1 unspecified atom stereocenters. The maximum atomic E-state index is 14.0. The number of nitro benzene ring substituents is 1. The predicted molar refractivity (Wildman–Crippen MR) is 158 cm³/mol. The normalized spacial score (nSPS) is 12.3. The third-order valence-electron chi connectivity index (χ3n) is 7.55. The van der Waals surface area contributed by atoms with Crippen molar-refractivity contribution in [2.75, 3.05) is 26.8 Å². The van der Waals surface area contributed by atoms with Crippen LogP contribution in [0.1, 0.15) is 50.3 Å². The first kappa shape index (κ1) is 29.9. The smallest absolute Gasteiger partial charge is 0.332 e. The highest BCUT2D eigenvalue weighted by Crippen LogP contribution is 2.24. The highest BCUT2D eigenvalue weighted by atomic mass is 16.6. The summed E-state index contributed by atoms with van der Waals surface area (Å²) < 4.78 is 10.0. The summed E-state index contributed by atoms with van der Waals surface area (Å²) in [5.41, 5.74) is 1.87. The fourth-order valence-electron chi connectivity index (χ4n) is 5.32. The molecule has 0 bridgehead atoms. The first-order chi connectivity index (χ1) is 19.8. The Labute approximate surface area is 238 Å². The zero-order chi connectivity index (χ0) is 29.5. The van der Waals surface area contributed by atoms with E-state index in [0.717, 1.165) is 24.2 Å². The number of imidazole rings is 1. The molecule has 0 N–H and O–H groups in total. The van der Waals surface area contributed by atoms with Crippen LogP contribution in [0.4, 0.5) is 5.69 Å². The third-order valence-corrected chi connectivity index (χ3v) is 7.55. The van der Waals surface area contributed by atoms with Gasteiger partial charge in [0.25, 0.3) is 11.2 Å². The summed E-state index contributed by atoms with van der Waals surface area (Å²) in [6.07, 6.45) is 1.28. The molecule has 0 fully saturated rings. The molecule has 0 saturated heterocycles. The molecule has 0 aliphatic carbocycles. The average molecular weight is 563 g/mol. The highest BCUT2D eigenvalue weighted by molar-refractivity contribution is 5.71. The zero-order valence-electron chi connectivity index (χ0n) is 24.2. The van der Waals surface area contributed by atoms with E-state index in [4.69, 9.17) is 9.72 Å². The first-order valence-corrected chi connectivity index (χ1v) is 14.0. The van der Waals surface area contributed by atoms with Gasteiger partial charge >= 0.3 is 5.69 Å². The van der Waals surface area contributed by atoms with Gasteiger partial charge in [0.1, 0.15) is 5.82 Å². The molecule has 0 amide bonds. The number of aryl methyl sites for hydroxylation is 2. The van der Waals surface area contributed by atoms with Crippen LogP contribution in [-0.2, 0) is 30.7 Å². The number of hydrogen-bond acceptors (Lipinski definition) is 7. The van der Waals surface area contributed by atoms with Gasteiger partial charge in [-0.05, 0) is 44.0 Å². The molecule has 218 valence electrons. The fourth-order valence-corrected chi connectivity index (χ4v) is 5.32. The molecule has 4 aromatic rings. The molecule has 2 aromatic heterocycles. The lowest BCUT2D eigenvalue weighted by Crippen LogP contribution is -2.42. The molecule has 0 saturated carbocycles. The Morgan fingerprint density at radius 2 is 1.66 bits per heavy atom. The van der Waals surface area contributed by atoms with E-state index < -0.39 is 10.6 Å². The van der Waals surface area contributed by atoms with Crippen LogP contribution >= 0.6 is 0 Å². The highest BCUT2D eigenvalue weighted by Gasteiger charge is 2.26. The number of hydrogen-bond donors (Lipinski definition) is 0. The minimum Gasteiger partial charge on any atom is -0.385 e. The summed E-state index contributed by atoms with van der Waals surface area (Å²) in [6, 6.07) is 16.2. The Hall–Kier alpha value is -4.09. The van der Waals surface area contributed by atoms with Gasteiger partial charge in [-0.2, -0.15) is 0 Å². The van der Waals surface area contributed by atoms with Crippen molar-refractivity contribution in [3.05, 3.63) is 103 Å². The largest absolute Gasteiger partial charge is 0.385 e. The quantitative estimate of drug-likeness (QED) is 0.130. The lowest BCUT2D eigenvalue weighted by molar-refractivity contribution is -0.384. The second kappa shape index (κ2) is 13.5. The van der Waals surface area contributed by atoms with Crippen LogP contribution in [0.3, 0.4) is 0 Å². The Kier molecular flexibility index (Phi) is 9.85. The molecule has 0 radical (unpaired) electrons. The summed E-state index contributed by atoms with van der Waals surface area (Å²) in [7, 11) is 1.59. The van der Waals surface area contributed by atoms with Crippen molar-refractivity contribution < 1.29 is 9.66 Å². The standard InChI is InChI=1S/C30H38N6O5/c1-5-32(6-2)22(3)35-26(21-24-11-8-7-9-12-24)31-28-27(35)29(37)34(18-10-20-41-4)30(38)33(28)19-17-23-13-15-25(16-14-23)36(39)40/h7-9,11-16,22H,5-6,10,17-21H2,1-4H3. The number of fused-ring (bicyclic) bond motifs is 1. The van der Waals surface area contributed by atoms with E-state index in [2.05, 4.69) is 25.7 Å². The van der Waals surface area contributed by atoms with Gasteiger partial charge in [0, 0.05) is 45.4 Å². The van der Waals surface area contributed by atoms with Crippen molar-refractivity contribution in [2.24, 2.45) is 0 Å². The molecule has 0 spiro atoms. The zero-order valence-corrected chi connectivity index (χ0v) is 24.2. The van der Waals surface area contributed by atoms with Crippen LogP contribution in [0, 0.1) is 10.1 Å². The van der Waals surface area contributed by atoms with Gasteiger partial charge in [0.15, 0.2) is 11.2 Å². The first-order valence-electron chi connectivity index (χ1n) is 14.0. The third kappa shape index (κ3) is 6.47. The second-order valence-corrected chi connectivity index (χ2v) is 10.00. The molecule has 4 rings (SSSR count). The number of methoxy groups -OCH3 is 1. The molecule has 11 heteroatoms. The molecule has 2 aromatic carbocycles. The molecular formula is C30H38N6O5. The minimum atomic E-state index is -0.439. The maximum absolute atomic E-state index is 14.0. The number of aromatic nitrogens is 4. The van der Waals surface area contributed by atoms with Crippen molar-refractivity contribution in [3.8, 4) is 0 Å². The lowest BCUT2D eigenvalue weighted by atomic mass is 10.1. The van der Waals surface area contributed by atoms with Gasteiger partial charge in [-0.3, -0.25) is 28.9 Å². The van der Waals surface area contributed by atoms with Crippen LogP contribution in [0.15, 0.2) is 64.2 Å². The van der Waals surface area contributed by atoms with Crippen molar-refractivity contribution in [2.45, 2.75) is 59.3 Å². The lowest BCUT2D eigenvalue weighted by Gasteiger charge is -2.29. The van der Waals surface area contributed by atoms with Gasteiger partial charge in [-0.15, -0.1) is 0 Å². The topological polar surface area (TPSA) is 117 Å². The molecule has 41 heavy (non-hydrogen) atoms. The fraction of sp³-hybridized carbons (Fsp3) is 0.433. The van der Waals surface area contributed by atoms with Crippen LogP contribution in [0.25, 0.3) is 11.2 Å². The SMILES string of the molecule is CCN(CC)C(C)n1c(Cc2ccccc2)nc2c1c(=O)n(CCCOC)c(=O)n2CCc1ccc([N+](=O)[O-])cc1. The second-order valence-electron chi connectivity index (χ2n) is 10.00. The van der Waals surface area contributed by atoms with Crippen LogP contribution in [-0.4, -0.2) is 55.3 Å². The van der Waals surface area contributed by atoms with Crippen LogP contribution in [0.5, 0.6) is 0 Å². The van der Waals surface area contributed by atoms with Gasteiger partial charge in [-0.1, -0.05) is 56.3 Å². The van der Waals surface area contributed by atoms with Crippen LogP contribution in [0.2, 0.25) is 0 Å². The number of rotatable bonds is 14. The van der Waals surface area contributed by atoms with E-state index >= 15 is 0 Å². The predicted octanol–water partition coefficient (Wildman–Crippen LogP) is 4.00. The van der Waals surface area contributed by atoms with E-state index in [1.54, 1.807) is 23.8 Å². The summed E-state index contributed by atoms with van der Waals surface area (Å²) in [6.45, 7) is 8.69. The van der Waals surface area contributed by atoms with E-state index in [-0.39, 0.29) is 30.5 Å². The molecule has 1 atom stereocenters. The van der Waals surface area contributed by atoms with Crippen LogP contribution < -0.4 is 11.2 Å². The van der Waals surface area contributed by atoms with E-state index in [1.807, 2.05) is 34.9 Å². The Balaban J connectivity index is 1.91. The summed E-state index contributed by atoms with van der Waals surface area (Å²) in [5, 5.41) is 11.1. The van der Waals surface area contributed by atoms with Gasteiger partial charge < -0.3 is 9.30 Å². The summed E-state index contributed by atoms with van der Waals surface area (Å²) in [5.74, 6) is 0.709. The Morgan fingerprint density at radius 3 is 2.27 bits per heavy atom. The van der Waals surface area contributed by atoms with Crippen molar-refractivity contribution in [1.82, 2.24) is 23.6 Å². The van der Waals surface area contributed by atoms with E-state index in [9.17, 15) is 19.7 Å². The number of nitrogens with zero attached hydrogens (tertiary/aromatic N) is 6. The summed E-state index contributed by atoms with van der Waals surface area (Å²) in [4.78, 5) is 45.7. The Morgan fingerprint density at radius 1 is 0.976 bits per heavy atom. The maximum Gasteiger partial charge on any atom is 0.332 e. The number of ether oxygens (including phenoxy) is 1. The van der Waals surface area contributed by atoms with Crippen molar-refractivity contribution in [3.63, 3.8) is 0 Å². The number of non-ortho nitro benzene ring substituents is 1. The Bertz CT molecular complexity index is 1590. The minimum absolute atomic E-state index is 0.00897. The number of benzene rings is 2. The van der Waals surface area contributed by atoms with Crippen molar-refractivity contribution in [1.29, 1.82) is 0 Å². The molecular weight excluding hydrogens is 524 g/mol. The molecule has 0 aliphatic rings. The summed E-state index contributed by atoms with van der Waals surface area (Å²) >= 11 is 0. The molecule has 11 nitrogen and oxygen atoms in total. The van der Waals surface area contributed by atoms with Gasteiger partial charge in [0.2, 0.25) is 0 Å². The monoisotopic (exact) mass is 562 g/mol. The number of nitro groups is 1.